The first-order chi connectivity index (χ1) is 8.70. The van der Waals surface area contributed by atoms with Crippen LogP contribution in [0, 0.1) is 0 Å². The molecular formula is C10H13N5O2S. The van der Waals surface area contributed by atoms with Gasteiger partial charge in [0.05, 0.1) is 12.6 Å². The Labute approximate surface area is 108 Å². The van der Waals surface area contributed by atoms with Gasteiger partial charge in [-0.15, -0.1) is 11.3 Å². The highest BCUT2D eigenvalue weighted by atomic mass is 32.1. The quantitative estimate of drug-likeness (QED) is 0.799. The van der Waals surface area contributed by atoms with Gasteiger partial charge in [-0.2, -0.15) is 5.10 Å². The van der Waals surface area contributed by atoms with Crippen LogP contribution in [0.15, 0.2) is 11.7 Å². The van der Waals surface area contributed by atoms with E-state index in [1.807, 2.05) is 6.92 Å². The van der Waals surface area contributed by atoms with Crippen LogP contribution in [0.5, 0.6) is 0 Å². The lowest BCUT2D eigenvalue weighted by Gasteiger charge is -2.08. The first-order valence-corrected chi connectivity index (χ1v) is 6.33. The van der Waals surface area contributed by atoms with Gasteiger partial charge in [0.1, 0.15) is 12.2 Å². The molecule has 7 nitrogen and oxygen atoms in total. The van der Waals surface area contributed by atoms with Gasteiger partial charge in [0.2, 0.25) is 0 Å². The van der Waals surface area contributed by atoms with Crippen LogP contribution in [0.4, 0.5) is 5.13 Å². The largest absolute Gasteiger partial charge is 0.461 e. The first kappa shape index (κ1) is 12.5. The summed E-state index contributed by atoms with van der Waals surface area (Å²) in [6.07, 6.45) is 1.44. The lowest BCUT2D eigenvalue weighted by atomic mass is 10.3. The van der Waals surface area contributed by atoms with Crippen molar-refractivity contribution in [2.45, 2.75) is 19.9 Å². The molecule has 2 rings (SSSR count). The third-order valence-electron chi connectivity index (χ3n) is 2.17. The molecule has 0 fully saturated rings. The van der Waals surface area contributed by atoms with E-state index in [2.05, 4.69) is 25.5 Å². The van der Waals surface area contributed by atoms with Crippen molar-refractivity contribution in [3.05, 3.63) is 23.2 Å². The summed E-state index contributed by atoms with van der Waals surface area (Å²) < 4.78 is 4.87. The van der Waals surface area contributed by atoms with E-state index >= 15 is 0 Å². The number of nitrogens with one attached hydrogen (secondary N) is 2. The Hall–Kier alpha value is -1.96. The fourth-order valence-electron chi connectivity index (χ4n) is 1.32. The van der Waals surface area contributed by atoms with E-state index in [1.54, 1.807) is 12.3 Å². The lowest BCUT2D eigenvalue weighted by molar-refractivity contribution is 0.0520. The first-order valence-electron chi connectivity index (χ1n) is 5.45. The van der Waals surface area contributed by atoms with Crippen molar-refractivity contribution >= 4 is 22.4 Å². The Kier molecular flexibility index (Phi) is 3.88. The van der Waals surface area contributed by atoms with E-state index in [0.717, 1.165) is 0 Å². The summed E-state index contributed by atoms with van der Waals surface area (Å²) in [7, 11) is 0. The van der Waals surface area contributed by atoms with Crippen LogP contribution in [0.25, 0.3) is 0 Å². The summed E-state index contributed by atoms with van der Waals surface area (Å²) in [4.78, 5) is 19.6. The number of carbonyl (C=O) groups excluding carboxylic acids is 1. The van der Waals surface area contributed by atoms with Gasteiger partial charge in [-0.3, -0.25) is 5.10 Å². The van der Waals surface area contributed by atoms with Crippen LogP contribution in [0.1, 0.15) is 36.2 Å². The zero-order valence-corrected chi connectivity index (χ0v) is 10.8. The standard InChI is InChI=1S/C10H13N5O2S/c1-3-17-9(16)7-4-18-10(14-7)13-6(2)8-11-5-12-15-8/h4-6H,3H2,1-2H3,(H,13,14)(H,11,12,15). The summed E-state index contributed by atoms with van der Waals surface area (Å²) >= 11 is 1.34. The van der Waals surface area contributed by atoms with Crippen LogP contribution >= 0.6 is 11.3 Å². The highest BCUT2D eigenvalue weighted by Gasteiger charge is 2.14. The molecule has 2 aromatic heterocycles. The summed E-state index contributed by atoms with van der Waals surface area (Å²) in [5.41, 5.74) is 0.314. The number of thiazole rings is 1. The maximum atomic E-state index is 11.4. The molecular weight excluding hydrogens is 254 g/mol. The molecule has 8 heteroatoms. The van der Waals surface area contributed by atoms with Gasteiger partial charge in [0.15, 0.2) is 10.8 Å². The fourth-order valence-corrected chi connectivity index (χ4v) is 2.08. The van der Waals surface area contributed by atoms with Crippen LogP contribution in [0.3, 0.4) is 0 Å². The summed E-state index contributed by atoms with van der Waals surface area (Å²) in [6.45, 7) is 4.02. The molecule has 0 amide bonds. The molecule has 2 heterocycles. The van der Waals surface area contributed by atoms with Crippen molar-refractivity contribution in [1.29, 1.82) is 0 Å². The molecule has 96 valence electrons. The molecule has 1 atom stereocenters. The molecule has 0 aromatic carbocycles. The number of nitrogens with zero attached hydrogens (tertiary/aromatic N) is 3. The number of esters is 1. The molecule has 18 heavy (non-hydrogen) atoms. The van der Waals surface area contributed by atoms with Gasteiger partial charge in [-0.1, -0.05) is 0 Å². The second kappa shape index (κ2) is 5.58. The normalized spacial score (nSPS) is 12.1. The second-order valence-electron chi connectivity index (χ2n) is 3.50. The van der Waals surface area contributed by atoms with E-state index in [1.165, 1.54) is 17.7 Å². The Bertz CT molecular complexity index is 510. The van der Waals surface area contributed by atoms with Gasteiger partial charge in [-0.25, -0.2) is 14.8 Å². The lowest BCUT2D eigenvalue weighted by Crippen LogP contribution is -2.09. The predicted molar refractivity (Wildman–Crippen MR) is 66.5 cm³/mol. The molecule has 0 saturated heterocycles. The van der Waals surface area contributed by atoms with Crippen LogP contribution in [-0.4, -0.2) is 32.7 Å². The third kappa shape index (κ3) is 2.83. The molecule has 0 radical (unpaired) electrons. The number of hydrogen-bond donors (Lipinski definition) is 2. The summed E-state index contributed by atoms with van der Waals surface area (Å²) in [6, 6.07) is -0.0614. The molecule has 0 aliphatic rings. The highest BCUT2D eigenvalue weighted by molar-refractivity contribution is 7.13. The maximum Gasteiger partial charge on any atom is 0.357 e. The Morgan fingerprint density at radius 1 is 1.67 bits per heavy atom. The number of anilines is 1. The van der Waals surface area contributed by atoms with Gasteiger partial charge in [0, 0.05) is 5.38 Å². The number of aromatic nitrogens is 4. The Balaban J connectivity index is 2.00. The fraction of sp³-hybridized carbons (Fsp3) is 0.400. The van der Waals surface area contributed by atoms with Crippen LogP contribution in [0.2, 0.25) is 0 Å². The molecule has 1 unspecified atom stereocenters. The number of ether oxygens (including phenoxy) is 1. The topological polar surface area (TPSA) is 92.8 Å². The van der Waals surface area contributed by atoms with Crippen molar-refractivity contribution in [2.75, 3.05) is 11.9 Å². The zero-order valence-electron chi connectivity index (χ0n) is 10.0. The Morgan fingerprint density at radius 2 is 2.50 bits per heavy atom. The number of rotatable bonds is 5. The molecule has 0 saturated carbocycles. The minimum atomic E-state index is -0.408. The number of carbonyl (C=O) groups is 1. The van der Waals surface area contributed by atoms with E-state index < -0.39 is 5.97 Å². The van der Waals surface area contributed by atoms with E-state index in [9.17, 15) is 4.79 Å². The van der Waals surface area contributed by atoms with Crippen molar-refractivity contribution in [3.63, 3.8) is 0 Å². The minimum Gasteiger partial charge on any atom is -0.461 e. The van der Waals surface area contributed by atoms with E-state index in [0.29, 0.717) is 23.3 Å². The Morgan fingerprint density at radius 3 is 3.17 bits per heavy atom. The zero-order chi connectivity index (χ0) is 13.0. The molecule has 0 bridgehead atoms. The number of H-pyrrole nitrogens is 1. The number of hydrogen-bond acceptors (Lipinski definition) is 7. The third-order valence-corrected chi connectivity index (χ3v) is 2.95. The molecule has 2 N–H and O–H groups in total. The molecule has 2 aromatic rings. The van der Waals surface area contributed by atoms with Gasteiger partial charge in [0.25, 0.3) is 0 Å². The van der Waals surface area contributed by atoms with Crippen molar-refractivity contribution < 1.29 is 9.53 Å². The van der Waals surface area contributed by atoms with Crippen molar-refractivity contribution in [1.82, 2.24) is 20.2 Å². The van der Waals surface area contributed by atoms with Gasteiger partial charge in [-0.05, 0) is 13.8 Å². The smallest absolute Gasteiger partial charge is 0.357 e. The second-order valence-corrected chi connectivity index (χ2v) is 4.35. The molecule has 0 aliphatic heterocycles. The van der Waals surface area contributed by atoms with E-state index in [4.69, 9.17) is 4.74 Å². The SMILES string of the molecule is CCOC(=O)c1csc(NC(C)c2ncn[nH]2)n1. The average molecular weight is 267 g/mol. The summed E-state index contributed by atoms with van der Waals surface area (Å²) in [5.74, 6) is 0.303. The van der Waals surface area contributed by atoms with Crippen molar-refractivity contribution in [3.8, 4) is 0 Å². The van der Waals surface area contributed by atoms with Crippen LogP contribution < -0.4 is 5.32 Å². The van der Waals surface area contributed by atoms with Gasteiger partial charge < -0.3 is 10.1 Å². The molecule has 0 aliphatic carbocycles. The highest BCUT2D eigenvalue weighted by Crippen LogP contribution is 2.20. The predicted octanol–water partition coefficient (Wildman–Crippen LogP) is 1.61. The van der Waals surface area contributed by atoms with E-state index in [-0.39, 0.29) is 6.04 Å². The number of aromatic amines is 1. The average Bonchev–Trinajstić information content (AvgIpc) is 2.99. The van der Waals surface area contributed by atoms with Crippen molar-refractivity contribution in [2.24, 2.45) is 0 Å². The maximum absolute atomic E-state index is 11.4. The minimum absolute atomic E-state index is 0.0614. The monoisotopic (exact) mass is 267 g/mol. The van der Waals surface area contributed by atoms with Crippen LogP contribution in [-0.2, 0) is 4.74 Å². The molecule has 0 spiro atoms. The van der Waals surface area contributed by atoms with Gasteiger partial charge >= 0.3 is 5.97 Å². The summed E-state index contributed by atoms with van der Waals surface area (Å²) in [5, 5.41) is 12.0.